The van der Waals surface area contributed by atoms with Crippen LogP contribution in [0.1, 0.15) is 23.8 Å². The summed E-state index contributed by atoms with van der Waals surface area (Å²) in [5.41, 5.74) is 0. The summed E-state index contributed by atoms with van der Waals surface area (Å²) < 4.78 is 37.4. The van der Waals surface area contributed by atoms with E-state index in [1.165, 1.54) is 6.21 Å². The molecule has 2 aromatic heterocycles. The van der Waals surface area contributed by atoms with Crippen molar-refractivity contribution in [3.8, 4) is 5.75 Å². The van der Waals surface area contributed by atoms with Crippen LogP contribution in [0, 0.1) is 4.77 Å². The Bertz CT molecular complexity index is 886. The van der Waals surface area contributed by atoms with Gasteiger partial charge in [-0.3, -0.25) is 0 Å². The third kappa shape index (κ3) is 3.74. The van der Waals surface area contributed by atoms with Crippen LogP contribution in [0.2, 0.25) is 0 Å². The summed E-state index contributed by atoms with van der Waals surface area (Å²) in [6.45, 7) is 0.241. The fourth-order valence-corrected chi connectivity index (χ4v) is 2.07. The van der Waals surface area contributed by atoms with Crippen molar-refractivity contribution >= 4 is 18.4 Å². The van der Waals surface area contributed by atoms with Crippen LogP contribution in [0.5, 0.6) is 5.75 Å². The van der Waals surface area contributed by atoms with Crippen molar-refractivity contribution in [3.63, 3.8) is 0 Å². The zero-order valence-electron chi connectivity index (χ0n) is 12.2. The lowest BCUT2D eigenvalue weighted by Gasteiger charge is -2.02. The van der Waals surface area contributed by atoms with Gasteiger partial charge in [0.25, 0.3) is 6.43 Å². The first-order valence-corrected chi connectivity index (χ1v) is 7.30. The van der Waals surface area contributed by atoms with E-state index in [1.54, 1.807) is 12.1 Å². The Kier molecular flexibility index (Phi) is 4.80. The molecule has 3 aromatic rings. The Morgan fingerprint density at radius 3 is 2.83 bits per heavy atom. The van der Waals surface area contributed by atoms with Gasteiger partial charge in [0.05, 0.1) is 6.21 Å². The zero-order chi connectivity index (χ0) is 16.9. The molecule has 0 fully saturated rings. The van der Waals surface area contributed by atoms with Gasteiger partial charge in [-0.2, -0.15) is 14.9 Å². The minimum Gasteiger partial charge on any atom is -0.486 e. The van der Waals surface area contributed by atoms with Gasteiger partial charge in [0.15, 0.2) is 0 Å². The van der Waals surface area contributed by atoms with Crippen LogP contribution in [0.3, 0.4) is 0 Å². The number of ether oxygens (including phenoxy) is 1. The number of H-pyrrole nitrogens is 1. The molecule has 6 nitrogen and oxygen atoms in total. The molecule has 1 aromatic carbocycles. The van der Waals surface area contributed by atoms with E-state index < -0.39 is 12.2 Å². The number of hydrogen-bond donors (Lipinski definition) is 1. The van der Waals surface area contributed by atoms with Crippen LogP contribution in [0.25, 0.3) is 0 Å². The summed E-state index contributed by atoms with van der Waals surface area (Å²) in [6, 6.07) is 12.7. The monoisotopic (exact) mass is 350 g/mol. The number of aromatic amines is 1. The second kappa shape index (κ2) is 7.18. The van der Waals surface area contributed by atoms with Gasteiger partial charge in [-0.05, 0) is 36.5 Å². The molecule has 0 aliphatic carbocycles. The van der Waals surface area contributed by atoms with Gasteiger partial charge >= 0.3 is 0 Å². The van der Waals surface area contributed by atoms with Crippen molar-refractivity contribution in [2.24, 2.45) is 5.10 Å². The Morgan fingerprint density at radius 1 is 1.29 bits per heavy atom. The average molecular weight is 350 g/mol. The fourth-order valence-electron chi connectivity index (χ4n) is 1.88. The largest absolute Gasteiger partial charge is 0.486 e. The second-order valence-corrected chi connectivity index (χ2v) is 5.04. The van der Waals surface area contributed by atoms with Crippen LogP contribution in [0.15, 0.2) is 52.0 Å². The number of alkyl halides is 2. The van der Waals surface area contributed by atoms with Crippen molar-refractivity contribution in [2.45, 2.75) is 13.0 Å². The highest BCUT2D eigenvalue weighted by Crippen LogP contribution is 2.16. The first-order valence-electron chi connectivity index (χ1n) is 6.90. The number of hydrogen-bond acceptors (Lipinski definition) is 5. The van der Waals surface area contributed by atoms with Crippen LogP contribution < -0.4 is 4.74 Å². The lowest BCUT2D eigenvalue weighted by atomic mass is 10.3. The number of rotatable bonds is 6. The standard InChI is InChI=1S/C15H12F2N4O2S/c16-13(17)14-19-20-15(24)21(14)18-8-11-6-7-12(23-11)9-22-10-4-2-1-3-5-10/h1-8,13H,9H2,(H,20,24). The van der Waals surface area contributed by atoms with Gasteiger partial charge in [0.2, 0.25) is 10.6 Å². The molecule has 0 saturated carbocycles. The second-order valence-electron chi connectivity index (χ2n) is 4.65. The minimum atomic E-state index is -2.79. The van der Waals surface area contributed by atoms with Crippen molar-refractivity contribution in [3.05, 3.63) is 64.6 Å². The van der Waals surface area contributed by atoms with Crippen LogP contribution in [-0.2, 0) is 6.61 Å². The molecule has 0 saturated heterocycles. The molecule has 9 heteroatoms. The van der Waals surface area contributed by atoms with E-state index in [4.69, 9.17) is 21.4 Å². The number of nitrogens with one attached hydrogen (secondary N) is 1. The molecule has 24 heavy (non-hydrogen) atoms. The maximum atomic E-state index is 12.8. The predicted octanol–water partition coefficient (Wildman–Crippen LogP) is 3.93. The first-order chi connectivity index (χ1) is 11.6. The van der Waals surface area contributed by atoms with E-state index in [-0.39, 0.29) is 11.4 Å². The van der Waals surface area contributed by atoms with Crippen LogP contribution >= 0.6 is 12.2 Å². The molecular formula is C15H12F2N4O2S. The summed E-state index contributed by atoms with van der Waals surface area (Å²) in [6.07, 6.45) is -1.51. The van der Waals surface area contributed by atoms with E-state index in [9.17, 15) is 8.78 Å². The van der Waals surface area contributed by atoms with Gasteiger partial charge in [-0.1, -0.05) is 18.2 Å². The molecular weight excluding hydrogens is 338 g/mol. The highest BCUT2D eigenvalue weighted by Gasteiger charge is 2.16. The van der Waals surface area contributed by atoms with Crippen molar-refractivity contribution in [2.75, 3.05) is 0 Å². The fraction of sp³-hybridized carbons (Fsp3) is 0.133. The summed E-state index contributed by atoms with van der Waals surface area (Å²) >= 11 is 4.86. The third-order valence-corrected chi connectivity index (χ3v) is 3.24. The Labute approximate surface area is 140 Å². The number of nitrogens with zero attached hydrogens (tertiary/aromatic N) is 3. The van der Waals surface area contributed by atoms with Crippen LogP contribution in [0.4, 0.5) is 8.78 Å². The van der Waals surface area contributed by atoms with Crippen LogP contribution in [-0.4, -0.2) is 21.1 Å². The molecule has 0 aliphatic heterocycles. The highest BCUT2D eigenvalue weighted by atomic mass is 32.1. The molecule has 2 heterocycles. The summed E-state index contributed by atoms with van der Waals surface area (Å²) in [5.74, 6) is 1.11. The van der Waals surface area contributed by atoms with E-state index in [1.807, 2.05) is 30.3 Å². The topological polar surface area (TPSA) is 68.3 Å². The SMILES string of the molecule is FC(F)c1n[nH]c(=S)n1N=Cc1ccc(COc2ccccc2)o1. The molecule has 0 bridgehead atoms. The van der Waals surface area contributed by atoms with Gasteiger partial charge in [-0.25, -0.2) is 13.9 Å². The van der Waals surface area contributed by atoms with Crippen molar-refractivity contribution in [1.82, 2.24) is 14.9 Å². The summed E-state index contributed by atoms with van der Waals surface area (Å²) in [7, 11) is 0. The number of aromatic nitrogens is 3. The lowest BCUT2D eigenvalue weighted by Crippen LogP contribution is -1.99. The molecule has 0 spiro atoms. The number of benzene rings is 1. The molecule has 124 valence electrons. The summed E-state index contributed by atoms with van der Waals surface area (Å²) in [5, 5.41) is 9.57. The Balaban J connectivity index is 1.68. The number of furan rings is 1. The molecule has 1 N–H and O–H groups in total. The van der Waals surface area contributed by atoms with E-state index in [2.05, 4.69) is 15.3 Å². The molecule has 0 amide bonds. The van der Waals surface area contributed by atoms with Crippen molar-refractivity contribution < 1.29 is 17.9 Å². The normalized spacial score (nSPS) is 11.5. The van der Waals surface area contributed by atoms with Gasteiger partial charge in [0.1, 0.15) is 23.9 Å². The highest BCUT2D eigenvalue weighted by molar-refractivity contribution is 7.71. The minimum absolute atomic E-state index is 0.0271. The average Bonchev–Trinajstić information content (AvgIpc) is 3.18. The maximum Gasteiger partial charge on any atom is 0.299 e. The maximum absolute atomic E-state index is 12.8. The molecule has 0 radical (unpaired) electrons. The third-order valence-electron chi connectivity index (χ3n) is 2.98. The molecule has 3 rings (SSSR count). The Morgan fingerprint density at radius 2 is 2.08 bits per heavy atom. The molecule has 0 atom stereocenters. The number of para-hydroxylation sites is 1. The molecule has 0 aliphatic rings. The van der Waals surface area contributed by atoms with Gasteiger partial charge < -0.3 is 9.15 Å². The smallest absolute Gasteiger partial charge is 0.299 e. The summed E-state index contributed by atoms with van der Waals surface area (Å²) in [4.78, 5) is 0. The lowest BCUT2D eigenvalue weighted by molar-refractivity contribution is 0.136. The zero-order valence-corrected chi connectivity index (χ0v) is 13.0. The van der Waals surface area contributed by atoms with Crippen molar-refractivity contribution in [1.29, 1.82) is 0 Å². The van der Waals surface area contributed by atoms with E-state index >= 15 is 0 Å². The molecule has 0 unspecified atom stereocenters. The number of halogens is 2. The van der Waals surface area contributed by atoms with Gasteiger partial charge in [0, 0.05) is 0 Å². The van der Waals surface area contributed by atoms with Gasteiger partial charge in [-0.15, -0.1) is 0 Å². The first kappa shape index (κ1) is 16.1. The quantitative estimate of drug-likeness (QED) is 0.540. The Hall–Kier alpha value is -2.81. The van der Waals surface area contributed by atoms with E-state index in [0.29, 0.717) is 11.5 Å². The predicted molar refractivity (Wildman–Crippen MR) is 84.8 cm³/mol. The van der Waals surface area contributed by atoms with E-state index in [0.717, 1.165) is 10.4 Å².